The highest BCUT2D eigenvalue weighted by Gasteiger charge is 2.40. The summed E-state index contributed by atoms with van der Waals surface area (Å²) < 4.78 is 0. The highest BCUT2D eigenvalue weighted by molar-refractivity contribution is 5.86. The molecule has 0 amide bonds. The van der Waals surface area contributed by atoms with Gasteiger partial charge in [0.15, 0.2) is 0 Å². The Bertz CT molecular complexity index is 607. The van der Waals surface area contributed by atoms with Crippen LogP contribution in [0.5, 0.6) is 0 Å². The molecule has 5 heteroatoms. The van der Waals surface area contributed by atoms with E-state index in [1.165, 1.54) is 0 Å². The number of nitrogens with one attached hydrogen (secondary N) is 1. The lowest BCUT2D eigenvalue weighted by atomic mass is 9.93. The van der Waals surface area contributed by atoms with Crippen LogP contribution in [0.15, 0.2) is 59.4 Å². The van der Waals surface area contributed by atoms with Gasteiger partial charge >= 0.3 is 5.97 Å². The fourth-order valence-corrected chi connectivity index (χ4v) is 2.95. The fourth-order valence-electron chi connectivity index (χ4n) is 2.95. The maximum Gasteiger partial charge on any atom is 0.309 e. The molecule has 1 saturated heterocycles. The SMILES string of the molecule is O=C(O)C1CCN(c2ccccc2)C1C1=CC=CNN=C1. The van der Waals surface area contributed by atoms with E-state index in [9.17, 15) is 9.90 Å². The maximum atomic E-state index is 11.6. The van der Waals surface area contributed by atoms with E-state index < -0.39 is 11.9 Å². The molecule has 2 aliphatic rings. The van der Waals surface area contributed by atoms with E-state index in [1.54, 1.807) is 12.4 Å². The summed E-state index contributed by atoms with van der Waals surface area (Å²) in [5.41, 5.74) is 4.72. The molecular formula is C16H17N3O2. The van der Waals surface area contributed by atoms with Crippen molar-refractivity contribution in [1.29, 1.82) is 0 Å². The van der Waals surface area contributed by atoms with Gasteiger partial charge in [-0.15, -0.1) is 0 Å². The van der Waals surface area contributed by atoms with Crippen molar-refractivity contribution >= 4 is 17.9 Å². The van der Waals surface area contributed by atoms with Gasteiger partial charge in [-0.3, -0.25) is 10.2 Å². The molecule has 0 aliphatic carbocycles. The van der Waals surface area contributed by atoms with Gasteiger partial charge in [-0.2, -0.15) is 5.10 Å². The van der Waals surface area contributed by atoms with Crippen LogP contribution in [0.3, 0.4) is 0 Å². The Hall–Kier alpha value is -2.56. The van der Waals surface area contributed by atoms with Crippen molar-refractivity contribution in [1.82, 2.24) is 5.43 Å². The average molecular weight is 283 g/mol. The Balaban J connectivity index is 1.98. The average Bonchev–Trinajstić information content (AvgIpc) is 2.77. The summed E-state index contributed by atoms with van der Waals surface area (Å²) in [5, 5.41) is 13.6. The summed E-state index contributed by atoms with van der Waals surface area (Å²) >= 11 is 0. The Kier molecular flexibility index (Phi) is 3.73. The number of allylic oxidation sites excluding steroid dienone is 2. The van der Waals surface area contributed by atoms with Gasteiger partial charge in [0, 0.05) is 18.4 Å². The topological polar surface area (TPSA) is 64.9 Å². The Labute approximate surface area is 123 Å². The zero-order valence-corrected chi connectivity index (χ0v) is 11.5. The number of hydrazone groups is 1. The summed E-state index contributed by atoms with van der Waals surface area (Å²) in [6.07, 6.45) is 7.84. The number of nitrogens with zero attached hydrogens (tertiary/aromatic N) is 2. The van der Waals surface area contributed by atoms with Crippen molar-refractivity contribution in [2.45, 2.75) is 12.5 Å². The highest BCUT2D eigenvalue weighted by Crippen LogP contribution is 2.33. The van der Waals surface area contributed by atoms with Crippen molar-refractivity contribution in [3.63, 3.8) is 0 Å². The van der Waals surface area contributed by atoms with Crippen LogP contribution < -0.4 is 10.3 Å². The Morgan fingerprint density at radius 3 is 2.90 bits per heavy atom. The summed E-state index contributed by atoms with van der Waals surface area (Å²) in [5.74, 6) is -1.18. The van der Waals surface area contributed by atoms with Crippen LogP contribution in [0.4, 0.5) is 5.69 Å². The first-order valence-corrected chi connectivity index (χ1v) is 6.97. The number of benzene rings is 1. The maximum absolute atomic E-state index is 11.6. The van der Waals surface area contributed by atoms with Crippen LogP contribution in [0.1, 0.15) is 6.42 Å². The predicted octanol–water partition coefficient (Wildman–Crippen LogP) is 2.00. The zero-order valence-electron chi connectivity index (χ0n) is 11.5. The first kappa shape index (κ1) is 13.4. The molecule has 2 aliphatic heterocycles. The van der Waals surface area contributed by atoms with E-state index in [-0.39, 0.29) is 6.04 Å². The van der Waals surface area contributed by atoms with Gasteiger partial charge in [0.05, 0.1) is 18.2 Å². The summed E-state index contributed by atoms with van der Waals surface area (Å²) in [6, 6.07) is 9.73. The third-order valence-corrected chi connectivity index (χ3v) is 3.89. The third-order valence-electron chi connectivity index (χ3n) is 3.89. The smallest absolute Gasteiger partial charge is 0.309 e. The van der Waals surface area contributed by atoms with Gasteiger partial charge in [-0.1, -0.05) is 24.3 Å². The van der Waals surface area contributed by atoms with Gasteiger partial charge in [0.25, 0.3) is 0 Å². The molecule has 5 nitrogen and oxygen atoms in total. The molecule has 21 heavy (non-hydrogen) atoms. The Morgan fingerprint density at radius 2 is 2.14 bits per heavy atom. The van der Waals surface area contributed by atoms with Gasteiger partial charge < -0.3 is 10.0 Å². The number of rotatable bonds is 3. The molecule has 0 aromatic heterocycles. The number of anilines is 1. The van der Waals surface area contributed by atoms with Gasteiger partial charge in [-0.05, 0) is 30.2 Å². The van der Waals surface area contributed by atoms with Crippen LogP contribution in [-0.2, 0) is 4.79 Å². The lowest BCUT2D eigenvalue weighted by molar-refractivity contribution is -0.141. The largest absolute Gasteiger partial charge is 0.481 e. The van der Waals surface area contributed by atoms with E-state index >= 15 is 0 Å². The molecule has 2 heterocycles. The first-order valence-electron chi connectivity index (χ1n) is 6.97. The number of carboxylic acids is 1. The van der Waals surface area contributed by atoms with Crippen LogP contribution in [-0.4, -0.2) is 29.9 Å². The second-order valence-corrected chi connectivity index (χ2v) is 5.12. The minimum atomic E-state index is -0.756. The minimum absolute atomic E-state index is 0.196. The van der Waals surface area contributed by atoms with Gasteiger partial charge in [0.2, 0.25) is 0 Å². The van der Waals surface area contributed by atoms with E-state index in [0.717, 1.165) is 17.8 Å². The second-order valence-electron chi connectivity index (χ2n) is 5.12. The van der Waals surface area contributed by atoms with Crippen LogP contribution in [0.2, 0.25) is 0 Å². The molecule has 0 radical (unpaired) electrons. The molecular weight excluding hydrogens is 266 g/mol. The normalized spacial score (nSPS) is 24.4. The number of hydrogen-bond donors (Lipinski definition) is 2. The number of aliphatic carboxylic acids is 1. The molecule has 2 atom stereocenters. The lowest BCUT2D eigenvalue weighted by Crippen LogP contribution is -2.37. The van der Waals surface area contributed by atoms with Crippen LogP contribution in [0, 0.1) is 5.92 Å². The molecule has 1 fully saturated rings. The number of carbonyl (C=O) groups is 1. The van der Waals surface area contributed by atoms with Gasteiger partial charge in [0.1, 0.15) is 0 Å². The van der Waals surface area contributed by atoms with Crippen molar-refractivity contribution in [2.24, 2.45) is 11.0 Å². The molecule has 108 valence electrons. The summed E-state index contributed by atoms with van der Waals surface area (Å²) in [4.78, 5) is 13.7. The molecule has 0 saturated carbocycles. The third kappa shape index (κ3) is 2.67. The van der Waals surface area contributed by atoms with Crippen molar-refractivity contribution in [2.75, 3.05) is 11.4 Å². The molecule has 1 aromatic carbocycles. The highest BCUT2D eigenvalue weighted by atomic mass is 16.4. The Morgan fingerprint density at radius 1 is 1.33 bits per heavy atom. The van der Waals surface area contributed by atoms with Crippen LogP contribution >= 0.6 is 0 Å². The molecule has 1 aromatic rings. The molecule has 0 bridgehead atoms. The summed E-state index contributed by atoms with van der Waals surface area (Å²) in [7, 11) is 0. The molecule has 2 N–H and O–H groups in total. The fraction of sp³-hybridized carbons (Fsp3) is 0.250. The molecule has 0 spiro atoms. The second kappa shape index (κ2) is 5.83. The quantitative estimate of drug-likeness (QED) is 0.890. The van der Waals surface area contributed by atoms with Crippen molar-refractivity contribution in [3.05, 3.63) is 54.3 Å². The first-order chi connectivity index (χ1) is 10.3. The molecule has 2 unspecified atom stereocenters. The van der Waals surface area contributed by atoms with E-state index in [4.69, 9.17) is 0 Å². The zero-order chi connectivity index (χ0) is 14.7. The standard InChI is InChI=1S/C16H17N3O2/c20-16(21)14-8-10-19(13-6-2-1-3-7-13)15(14)12-5-4-9-17-18-11-12/h1-7,9,11,14-15,17H,8,10H2,(H,20,21). The van der Waals surface area contributed by atoms with Crippen molar-refractivity contribution < 1.29 is 9.90 Å². The van der Waals surface area contributed by atoms with Gasteiger partial charge in [-0.25, -0.2) is 0 Å². The molecule has 3 rings (SSSR count). The monoisotopic (exact) mass is 283 g/mol. The number of carboxylic acid groups (broad SMARTS) is 1. The van der Waals surface area contributed by atoms with E-state index in [1.807, 2.05) is 42.5 Å². The van der Waals surface area contributed by atoms with E-state index in [2.05, 4.69) is 15.4 Å². The predicted molar refractivity (Wildman–Crippen MR) is 82.2 cm³/mol. The summed E-state index contributed by atoms with van der Waals surface area (Å²) in [6.45, 7) is 0.730. The number of para-hydroxylation sites is 1. The lowest BCUT2D eigenvalue weighted by Gasteiger charge is -2.29. The number of hydrogen-bond acceptors (Lipinski definition) is 4. The van der Waals surface area contributed by atoms with Crippen molar-refractivity contribution in [3.8, 4) is 0 Å². The van der Waals surface area contributed by atoms with E-state index in [0.29, 0.717) is 6.42 Å². The minimum Gasteiger partial charge on any atom is -0.481 e. The van der Waals surface area contributed by atoms with Crippen LogP contribution in [0.25, 0.3) is 0 Å².